The maximum Gasteiger partial charge on any atom is 0.408 e. The Balaban J connectivity index is 1.26. The molecule has 7 nitrogen and oxygen atoms in total. The van der Waals surface area contributed by atoms with Gasteiger partial charge in [-0.3, -0.25) is 9.59 Å². The van der Waals surface area contributed by atoms with Crippen LogP contribution >= 0.6 is 0 Å². The van der Waals surface area contributed by atoms with Crippen molar-refractivity contribution in [2.45, 2.75) is 64.9 Å². The summed E-state index contributed by atoms with van der Waals surface area (Å²) in [4.78, 5) is 41.3. The molecule has 1 heterocycles. The van der Waals surface area contributed by atoms with Crippen LogP contribution in [0.1, 0.15) is 59.3 Å². The molecule has 0 aromatic rings. The van der Waals surface area contributed by atoms with E-state index in [1.807, 2.05) is 4.90 Å². The first-order valence-electron chi connectivity index (χ1n) is 11.2. The van der Waals surface area contributed by atoms with Crippen LogP contribution in [0.4, 0.5) is 4.79 Å². The predicted molar refractivity (Wildman–Crippen MR) is 108 cm³/mol. The molecule has 0 radical (unpaired) electrons. The number of carbonyl (C=O) groups is 3. The van der Waals surface area contributed by atoms with Crippen molar-refractivity contribution in [3.8, 4) is 0 Å². The van der Waals surface area contributed by atoms with Gasteiger partial charge in [0, 0.05) is 26.2 Å². The summed E-state index contributed by atoms with van der Waals surface area (Å²) in [7, 11) is 0. The monoisotopic (exact) mass is 405 g/mol. The number of nitrogens with zero attached hydrogens (tertiary/aromatic N) is 2. The number of rotatable bonds is 3. The molecule has 0 spiro atoms. The van der Waals surface area contributed by atoms with Gasteiger partial charge in [-0.05, 0) is 77.0 Å². The van der Waals surface area contributed by atoms with Crippen LogP contribution < -0.4 is 5.32 Å². The van der Waals surface area contributed by atoms with Gasteiger partial charge in [0.25, 0.3) is 0 Å². The lowest BCUT2D eigenvalue weighted by molar-refractivity contribution is -0.160. The SMILES string of the molecule is CC(C)(C)OC(=O)NCC(=O)N1CCN(C(=O)C23CC4CC(CC(C4)C2)C3)CC1. The number of hydrogen-bond acceptors (Lipinski definition) is 4. The van der Waals surface area contributed by atoms with E-state index in [0.29, 0.717) is 32.1 Å². The molecular formula is C22H35N3O4. The molecule has 0 aromatic heterocycles. The molecule has 3 amide bonds. The largest absolute Gasteiger partial charge is 0.444 e. The molecule has 1 saturated heterocycles. The molecule has 29 heavy (non-hydrogen) atoms. The van der Waals surface area contributed by atoms with E-state index in [1.54, 1.807) is 25.7 Å². The Morgan fingerprint density at radius 2 is 1.38 bits per heavy atom. The highest BCUT2D eigenvalue weighted by Crippen LogP contribution is 2.60. The fraction of sp³-hybridized carbons (Fsp3) is 0.864. The summed E-state index contributed by atoms with van der Waals surface area (Å²) in [5.74, 6) is 2.49. The van der Waals surface area contributed by atoms with Crippen LogP contribution in [0.2, 0.25) is 0 Å². The number of alkyl carbamates (subject to hydrolysis) is 1. The molecule has 4 bridgehead atoms. The van der Waals surface area contributed by atoms with Gasteiger partial charge in [0.15, 0.2) is 0 Å². The molecule has 7 heteroatoms. The van der Waals surface area contributed by atoms with Crippen molar-refractivity contribution in [1.29, 1.82) is 0 Å². The zero-order chi connectivity index (χ0) is 20.8. The molecule has 4 saturated carbocycles. The van der Waals surface area contributed by atoms with Crippen molar-refractivity contribution in [2.24, 2.45) is 23.2 Å². The third-order valence-electron chi connectivity index (χ3n) is 7.19. The molecule has 1 aliphatic heterocycles. The van der Waals surface area contributed by atoms with Gasteiger partial charge in [0.1, 0.15) is 12.1 Å². The van der Waals surface area contributed by atoms with Crippen molar-refractivity contribution in [1.82, 2.24) is 15.1 Å². The summed E-state index contributed by atoms with van der Waals surface area (Å²) in [6.07, 6.45) is 6.66. The van der Waals surface area contributed by atoms with E-state index in [4.69, 9.17) is 4.74 Å². The van der Waals surface area contributed by atoms with Gasteiger partial charge < -0.3 is 19.9 Å². The van der Waals surface area contributed by atoms with E-state index in [0.717, 1.165) is 37.0 Å². The van der Waals surface area contributed by atoms with Gasteiger partial charge in [0.2, 0.25) is 11.8 Å². The number of piperazine rings is 1. The zero-order valence-electron chi connectivity index (χ0n) is 18.0. The fourth-order valence-corrected chi connectivity index (χ4v) is 6.44. The van der Waals surface area contributed by atoms with Crippen molar-refractivity contribution >= 4 is 17.9 Å². The second-order valence-corrected chi connectivity index (χ2v) is 10.7. The van der Waals surface area contributed by atoms with Gasteiger partial charge in [-0.15, -0.1) is 0 Å². The standard InChI is InChI=1S/C22H35N3O4/c1-21(2,3)29-20(28)23-14-18(26)24-4-6-25(7-5-24)19(27)22-11-15-8-16(12-22)10-17(9-15)13-22/h15-17H,4-14H2,1-3H3,(H,23,28). The van der Waals surface area contributed by atoms with E-state index in [1.165, 1.54) is 19.3 Å². The summed E-state index contributed by atoms with van der Waals surface area (Å²) < 4.78 is 5.17. The van der Waals surface area contributed by atoms with Crippen LogP contribution in [-0.2, 0) is 14.3 Å². The Morgan fingerprint density at radius 1 is 0.897 bits per heavy atom. The van der Waals surface area contributed by atoms with Gasteiger partial charge in [0.05, 0.1) is 5.41 Å². The van der Waals surface area contributed by atoms with E-state index in [-0.39, 0.29) is 17.9 Å². The first-order chi connectivity index (χ1) is 13.6. The Labute approximate surface area is 173 Å². The Bertz CT molecular complexity index is 641. The highest BCUT2D eigenvalue weighted by molar-refractivity contribution is 5.85. The smallest absolute Gasteiger partial charge is 0.408 e. The lowest BCUT2D eigenvalue weighted by Gasteiger charge is -2.57. The highest BCUT2D eigenvalue weighted by atomic mass is 16.6. The summed E-state index contributed by atoms with van der Waals surface area (Å²) in [5.41, 5.74) is -0.699. The van der Waals surface area contributed by atoms with Crippen molar-refractivity contribution in [3.05, 3.63) is 0 Å². The van der Waals surface area contributed by atoms with Gasteiger partial charge >= 0.3 is 6.09 Å². The average molecular weight is 406 g/mol. The molecule has 1 N–H and O–H groups in total. The molecule has 162 valence electrons. The number of amides is 3. The van der Waals surface area contributed by atoms with Crippen LogP contribution in [-0.4, -0.2) is 66.0 Å². The second kappa shape index (κ2) is 7.47. The summed E-state index contributed by atoms with van der Waals surface area (Å²) in [5, 5.41) is 2.53. The maximum absolute atomic E-state index is 13.4. The first-order valence-corrected chi connectivity index (χ1v) is 11.2. The zero-order valence-corrected chi connectivity index (χ0v) is 18.0. The number of carbonyl (C=O) groups excluding carboxylic acids is 3. The highest BCUT2D eigenvalue weighted by Gasteiger charge is 2.55. The molecule has 0 unspecified atom stereocenters. The van der Waals surface area contributed by atoms with Crippen LogP contribution in [0.5, 0.6) is 0 Å². The first kappa shape index (κ1) is 20.5. The molecule has 0 atom stereocenters. The predicted octanol–water partition coefficient (Wildman–Crippen LogP) is 2.40. The van der Waals surface area contributed by atoms with Crippen molar-refractivity contribution < 1.29 is 19.1 Å². The van der Waals surface area contributed by atoms with Gasteiger partial charge in [-0.25, -0.2) is 4.79 Å². The van der Waals surface area contributed by atoms with Crippen molar-refractivity contribution in [2.75, 3.05) is 32.7 Å². The normalized spacial score (nSPS) is 33.6. The van der Waals surface area contributed by atoms with Crippen LogP contribution in [0.15, 0.2) is 0 Å². The van der Waals surface area contributed by atoms with E-state index in [9.17, 15) is 14.4 Å². The minimum atomic E-state index is -0.587. The minimum Gasteiger partial charge on any atom is -0.444 e. The quantitative estimate of drug-likeness (QED) is 0.782. The third-order valence-corrected chi connectivity index (χ3v) is 7.19. The minimum absolute atomic E-state index is 0.0716. The van der Waals surface area contributed by atoms with E-state index < -0.39 is 11.7 Å². The summed E-state index contributed by atoms with van der Waals surface area (Å²) in [6, 6.07) is 0. The van der Waals surface area contributed by atoms with Crippen LogP contribution in [0.25, 0.3) is 0 Å². The number of hydrogen-bond donors (Lipinski definition) is 1. The topological polar surface area (TPSA) is 79.0 Å². The molecular weight excluding hydrogens is 370 g/mol. The van der Waals surface area contributed by atoms with E-state index >= 15 is 0 Å². The van der Waals surface area contributed by atoms with Crippen molar-refractivity contribution in [3.63, 3.8) is 0 Å². The van der Waals surface area contributed by atoms with Gasteiger partial charge in [-0.1, -0.05) is 0 Å². The fourth-order valence-electron chi connectivity index (χ4n) is 6.44. The Morgan fingerprint density at radius 3 is 1.86 bits per heavy atom. The summed E-state index contributed by atoms with van der Waals surface area (Å²) >= 11 is 0. The number of nitrogens with one attached hydrogen (secondary N) is 1. The van der Waals surface area contributed by atoms with Crippen LogP contribution in [0, 0.1) is 23.2 Å². The molecule has 5 aliphatic rings. The van der Waals surface area contributed by atoms with E-state index in [2.05, 4.69) is 5.32 Å². The Kier molecular flexibility index (Phi) is 5.28. The molecule has 0 aromatic carbocycles. The van der Waals surface area contributed by atoms with Crippen LogP contribution in [0.3, 0.4) is 0 Å². The molecule has 4 aliphatic carbocycles. The Hall–Kier alpha value is -1.79. The summed E-state index contributed by atoms with van der Waals surface area (Å²) in [6.45, 7) is 7.55. The van der Waals surface area contributed by atoms with Gasteiger partial charge in [-0.2, -0.15) is 0 Å². The maximum atomic E-state index is 13.4. The number of ether oxygens (including phenoxy) is 1. The average Bonchev–Trinajstić information content (AvgIpc) is 2.63. The molecule has 5 fully saturated rings. The second-order valence-electron chi connectivity index (χ2n) is 10.7. The molecule has 5 rings (SSSR count). The lowest BCUT2D eigenvalue weighted by Crippen LogP contribution is -2.59. The third kappa shape index (κ3) is 4.38. The lowest BCUT2D eigenvalue weighted by atomic mass is 9.49.